The van der Waals surface area contributed by atoms with Gasteiger partial charge in [-0.1, -0.05) is 97.6 Å². The Morgan fingerprint density at radius 3 is 2.11 bits per heavy atom. The van der Waals surface area contributed by atoms with Crippen LogP contribution in [0, 0.1) is 17.0 Å². The predicted octanol–water partition coefficient (Wildman–Crippen LogP) is 8.56. The van der Waals surface area contributed by atoms with E-state index in [4.69, 9.17) is 4.74 Å². The van der Waals surface area contributed by atoms with Crippen molar-refractivity contribution < 1.29 is 19.2 Å². The molecular weight excluding hydrogens is 454 g/mol. The maximum atomic E-state index is 11.6. The molecule has 1 aromatic carbocycles. The second-order valence-electron chi connectivity index (χ2n) is 6.95. The van der Waals surface area contributed by atoms with E-state index in [1.807, 2.05) is 65.8 Å². The number of Topliss-reactive ketones (excluding diaryl/α,β-unsaturated/α-hetero) is 1. The third kappa shape index (κ3) is 24.0. The van der Waals surface area contributed by atoms with Crippen LogP contribution in [-0.4, -0.2) is 30.2 Å². The first-order valence-electron chi connectivity index (χ1n) is 12.6. The first-order valence-corrected chi connectivity index (χ1v) is 12.6. The third-order valence-electron chi connectivity index (χ3n) is 3.93. The smallest absolute Gasteiger partial charge is 0.269 e. The zero-order valence-corrected chi connectivity index (χ0v) is 24.0. The van der Waals surface area contributed by atoms with Gasteiger partial charge >= 0.3 is 0 Å². The quantitative estimate of drug-likeness (QED) is 0.0574. The average molecular weight is 504 g/mol. The Hall–Kier alpha value is -3.12. The number of non-ortho nitro benzene ring substituents is 1. The fourth-order valence-electron chi connectivity index (χ4n) is 2.36. The topological polar surface area (TPSA) is 86.5 Å². The number of hydrogen-bond donors (Lipinski definition) is 0. The zero-order chi connectivity index (χ0) is 28.9. The molecule has 0 saturated carbocycles. The van der Waals surface area contributed by atoms with Gasteiger partial charge in [0.15, 0.2) is 12.1 Å². The number of carbonyl (C=O) groups is 2. The Labute approximate surface area is 220 Å². The van der Waals surface area contributed by atoms with Gasteiger partial charge in [0, 0.05) is 25.7 Å². The summed E-state index contributed by atoms with van der Waals surface area (Å²) in [5.74, 6) is -0.262. The van der Waals surface area contributed by atoms with Crippen molar-refractivity contribution in [1.29, 1.82) is 0 Å². The molecule has 0 heterocycles. The average Bonchev–Trinajstić information content (AvgIpc) is 2.89. The van der Waals surface area contributed by atoms with Gasteiger partial charge < -0.3 is 4.74 Å². The minimum absolute atomic E-state index is 0.00244. The lowest BCUT2D eigenvalue weighted by Gasteiger charge is -2.14. The third-order valence-corrected chi connectivity index (χ3v) is 3.93. The predicted molar refractivity (Wildman–Crippen MR) is 154 cm³/mol. The van der Waals surface area contributed by atoms with Gasteiger partial charge in [-0.05, 0) is 37.8 Å². The lowest BCUT2D eigenvalue weighted by atomic mass is 10.0. The molecule has 0 fully saturated rings. The van der Waals surface area contributed by atoms with E-state index < -0.39 is 4.92 Å². The van der Waals surface area contributed by atoms with Crippen LogP contribution in [0.15, 0.2) is 72.9 Å². The van der Waals surface area contributed by atoms with Gasteiger partial charge in [-0.3, -0.25) is 19.7 Å². The molecule has 0 aliphatic heterocycles. The highest BCUT2D eigenvalue weighted by molar-refractivity contribution is 6.11. The van der Waals surface area contributed by atoms with Gasteiger partial charge in [0.1, 0.15) is 0 Å². The zero-order valence-electron chi connectivity index (χ0n) is 24.0. The Morgan fingerprint density at radius 1 is 1.19 bits per heavy atom. The molecule has 1 unspecified atom stereocenters. The maximum absolute atomic E-state index is 11.6. The number of benzene rings is 1. The molecule has 36 heavy (non-hydrogen) atoms. The van der Waals surface area contributed by atoms with Crippen molar-refractivity contribution in [3.63, 3.8) is 0 Å². The highest BCUT2D eigenvalue weighted by Crippen LogP contribution is 2.15. The van der Waals surface area contributed by atoms with Crippen LogP contribution in [0.2, 0.25) is 0 Å². The van der Waals surface area contributed by atoms with Crippen molar-refractivity contribution in [3.8, 4) is 0 Å². The molecule has 6 heteroatoms. The van der Waals surface area contributed by atoms with E-state index in [0.29, 0.717) is 12.7 Å². The molecule has 1 aromatic rings. The molecule has 0 aromatic heterocycles. The summed E-state index contributed by atoms with van der Waals surface area (Å²) >= 11 is 0. The van der Waals surface area contributed by atoms with Crippen LogP contribution in [0.1, 0.15) is 79.7 Å². The molecule has 1 rings (SSSR count). The summed E-state index contributed by atoms with van der Waals surface area (Å²) in [7, 11) is 1.56. The van der Waals surface area contributed by atoms with Crippen molar-refractivity contribution in [1.82, 2.24) is 0 Å². The largest absolute Gasteiger partial charge is 0.381 e. The number of rotatable bonds is 11. The molecule has 0 saturated heterocycles. The minimum Gasteiger partial charge on any atom is -0.381 e. The number of ketones is 1. The SMILES string of the molecule is C=C/C=C(\C=C/C)CCC(CC(=O)C(=C)C=O)OC.CC.CC.CCC.Cc1cccc([N+](=O)[O-])c1. The summed E-state index contributed by atoms with van der Waals surface area (Å²) in [5.41, 5.74) is 2.19. The number of aldehydes is 1. The number of allylic oxidation sites excluding steroid dienone is 6. The van der Waals surface area contributed by atoms with Crippen LogP contribution in [0.25, 0.3) is 0 Å². The van der Waals surface area contributed by atoms with E-state index in [1.165, 1.54) is 12.5 Å². The summed E-state index contributed by atoms with van der Waals surface area (Å²) in [6, 6.07) is 6.52. The van der Waals surface area contributed by atoms with Gasteiger partial charge in [0.25, 0.3) is 5.69 Å². The summed E-state index contributed by atoms with van der Waals surface area (Å²) < 4.78 is 5.27. The molecule has 1 atom stereocenters. The van der Waals surface area contributed by atoms with Gasteiger partial charge in [-0.15, -0.1) is 0 Å². The highest BCUT2D eigenvalue weighted by Gasteiger charge is 2.15. The van der Waals surface area contributed by atoms with Gasteiger partial charge in [-0.2, -0.15) is 0 Å². The van der Waals surface area contributed by atoms with Crippen LogP contribution < -0.4 is 0 Å². The van der Waals surface area contributed by atoms with Crippen LogP contribution in [0.5, 0.6) is 0 Å². The Morgan fingerprint density at radius 2 is 1.75 bits per heavy atom. The van der Waals surface area contributed by atoms with Crippen LogP contribution >= 0.6 is 0 Å². The number of nitrogens with zero attached hydrogens (tertiary/aromatic N) is 1. The molecule has 0 N–H and O–H groups in total. The summed E-state index contributed by atoms with van der Waals surface area (Å²) in [6.07, 6.45) is 10.8. The normalized spacial score (nSPS) is 10.4. The Kier molecular flexibility index (Phi) is 33.3. The highest BCUT2D eigenvalue weighted by atomic mass is 16.6. The number of ether oxygens (including phenoxy) is 1. The first-order chi connectivity index (χ1) is 17.2. The van der Waals surface area contributed by atoms with Crippen molar-refractivity contribution in [2.75, 3.05) is 7.11 Å². The number of aryl methyl sites for hydroxylation is 1. The first kappa shape index (κ1) is 40.1. The number of nitro groups is 1. The minimum atomic E-state index is -0.396. The van der Waals surface area contributed by atoms with Crippen LogP contribution in [0.3, 0.4) is 0 Å². The lowest BCUT2D eigenvalue weighted by molar-refractivity contribution is -0.384. The molecule has 0 bridgehead atoms. The molecule has 0 amide bonds. The van der Waals surface area contributed by atoms with E-state index in [0.717, 1.165) is 17.6 Å². The van der Waals surface area contributed by atoms with Crippen molar-refractivity contribution in [2.24, 2.45) is 0 Å². The van der Waals surface area contributed by atoms with Gasteiger partial charge in [-0.25, -0.2) is 0 Å². The fraction of sp³-hybridized carbons (Fsp3) is 0.467. The second-order valence-corrected chi connectivity index (χ2v) is 6.95. The Bertz CT molecular complexity index is 794. The lowest BCUT2D eigenvalue weighted by Crippen LogP contribution is -2.17. The van der Waals surface area contributed by atoms with Gasteiger partial charge in [0.2, 0.25) is 0 Å². The molecule has 0 radical (unpaired) electrons. The molecule has 0 aliphatic carbocycles. The molecule has 0 spiro atoms. The van der Waals surface area contributed by atoms with E-state index in [1.54, 1.807) is 25.3 Å². The number of methoxy groups -OCH3 is 1. The molecule has 204 valence electrons. The number of carbonyl (C=O) groups excluding carboxylic acids is 2. The van der Waals surface area contributed by atoms with Crippen molar-refractivity contribution in [3.05, 3.63) is 88.6 Å². The number of hydrogen-bond acceptors (Lipinski definition) is 5. The summed E-state index contributed by atoms with van der Waals surface area (Å²) in [4.78, 5) is 31.8. The monoisotopic (exact) mass is 503 g/mol. The van der Waals surface area contributed by atoms with E-state index in [2.05, 4.69) is 27.0 Å². The maximum Gasteiger partial charge on any atom is 0.269 e. The second kappa shape index (κ2) is 29.9. The Balaban J connectivity index is -0.000000250. The van der Waals surface area contributed by atoms with Crippen molar-refractivity contribution in [2.45, 2.75) is 87.2 Å². The van der Waals surface area contributed by atoms with E-state index in [-0.39, 0.29) is 29.6 Å². The van der Waals surface area contributed by atoms with Gasteiger partial charge in [0.05, 0.1) is 16.6 Å². The summed E-state index contributed by atoms with van der Waals surface area (Å²) in [6.45, 7) is 23.1. The van der Waals surface area contributed by atoms with Crippen LogP contribution in [-0.2, 0) is 14.3 Å². The standard InChI is InChI=1S/C16H22O3.C7H7NO2.C3H8.2C2H6/c1-5-7-14(8-6-2)9-10-15(19-4)11-16(18)13(3)12-17;1-6-3-2-4-7(5-6)8(9)10;1-3-2;2*1-2/h5-8,12,15H,1,3,9-11H2,2,4H3;2-5H,1H3;3H2,1-2H3;2*1-2H3/b8-6-,14-7+;;;;. The van der Waals surface area contributed by atoms with E-state index >= 15 is 0 Å². The fourth-order valence-corrected chi connectivity index (χ4v) is 2.36. The molecule has 0 aliphatic rings. The summed E-state index contributed by atoms with van der Waals surface area (Å²) in [5, 5.41) is 10.2. The van der Waals surface area contributed by atoms with E-state index in [9.17, 15) is 19.7 Å². The molecule has 6 nitrogen and oxygen atoms in total. The van der Waals surface area contributed by atoms with Crippen molar-refractivity contribution >= 4 is 17.8 Å². The van der Waals surface area contributed by atoms with Crippen LogP contribution in [0.4, 0.5) is 5.69 Å². The number of nitro benzene ring substituents is 1. The molecular formula is C30H49NO5.